The number of amides is 1. The van der Waals surface area contributed by atoms with Gasteiger partial charge in [-0.05, 0) is 31.2 Å². The van der Waals surface area contributed by atoms with E-state index in [2.05, 4.69) is 15.1 Å². The minimum absolute atomic E-state index is 0.119. The number of benzene rings is 2. The normalized spacial score (nSPS) is 11.2. The summed E-state index contributed by atoms with van der Waals surface area (Å²) in [6.45, 7) is 2.30. The lowest BCUT2D eigenvalue weighted by Gasteiger charge is -2.14. The van der Waals surface area contributed by atoms with Crippen molar-refractivity contribution in [2.24, 2.45) is 0 Å². The van der Waals surface area contributed by atoms with E-state index in [1.54, 1.807) is 35.0 Å². The molecular formula is C23H21N5O. The molecule has 0 spiro atoms. The van der Waals surface area contributed by atoms with E-state index in [-0.39, 0.29) is 5.91 Å². The number of carbonyl (C=O) groups excluding carboxylic acids is 1. The first-order valence-corrected chi connectivity index (χ1v) is 9.36. The fourth-order valence-corrected chi connectivity index (χ4v) is 3.10. The third-order valence-corrected chi connectivity index (χ3v) is 4.64. The Kier molecular flexibility index (Phi) is 5.16. The molecule has 0 fully saturated rings. The predicted octanol–water partition coefficient (Wildman–Crippen LogP) is 3.80. The standard InChI is InChI=1S/C23H21N5O/c1-17-20-10-6-7-11-21(20)26-22(25-17)16-27(2)23(29)13-12-18-14-24-28(15-18)19-8-4-3-5-9-19/h3-15H,16H2,1-2H3/b13-12+. The van der Waals surface area contributed by atoms with Crippen molar-refractivity contribution in [1.82, 2.24) is 24.6 Å². The van der Waals surface area contributed by atoms with Crippen LogP contribution in [0.5, 0.6) is 0 Å². The molecule has 144 valence electrons. The second-order valence-electron chi connectivity index (χ2n) is 6.82. The van der Waals surface area contributed by atoms with Crippen LogP contribution in [0.3, 0.4) is 0 Å². The fraction of sp³-hybridized carbons (Fsp3) is 0.130. The highest BCUT2D eigenvalue weighted by atomic mass is 16.2. The number of nitrogens with zero attached hydrogens (tertiary/aromatic N) is 5. The summed E-state index contributed by atoms with van der Waals surface area (Å²) in [5.41, 5.74) is 3.63. The molecule has 4 rings (SSSR count). The number of para-hydroxylation sites is 2. The molecule has 2 aromatic carbocycles. The molecule has 0 unspecified atom stereocenters. The monoisotopic (exact) mass is 383 g/mol. The molecule has 2 heterocycles. The molecule has 0 N–H and O–H groups in total. The van der Waals surface area contributed by atoms with Crippen LogP contribution in [0.15, 0.2) is 73.1 Å². The molecule has 0 saturated carbocycles. The van der Waals surface area contributed by atoms with E-state index in [4.69, 9.17) is 0 Å². The summed E-state index contributed by atoms with van der Waals surface area (Å²) in [6.07, 6.45) is 6.92. The lowest BCUT2D eigenvalue weighted by atomic mass is 10.2. The summed E-state index contributed by atoms with van der Waals surface area (Å²) in [5.74, 6) is 0.509. The van der Waals surface area contributed by atoms with Crippen molar-refractivity contribution in [3.63, 3.8) is 0 Å². The molecule has 2 aromatic heterocycles. The van der Waals surface area contributed by atoms with Gasteiger partial charge in [-0.1, -0.05) is 36.4 Å². The Morgan fingerprint density at radius 2 is 1.83 bits per heavy atom. The van der Waals surface area contributed by atoms with Crippen molar-refractivity contribution < 1.29 is 4.79 Å². The number of aryl methyl sites for hydroxylation is 1. The lowest BCUT2D eigenvalue weighted by Crippen LogP contribution is -2.25. The fourth-order valence-electron chi connectivity index (χ4n) is 3.10. The quantitative estimate of drug-likeness (QED) is 0.492. The van der Waals surface area contributed by atoms with Gasteiger partial charge in [-0.2, -0.15) is 5.10 Å². The van der Waals surface area contributed by atoms with Crippen molar-refractivity contribution in [3.05, 3.63) is 90.1 Å². The first-order valence-electron chi connectivity index (χ1n) is 9.36. The van der Waals surface area contributed by atoms with Crippen LogP contribution in [0.25, 0.3) is 22.7 Å². The number of fused-ring (bicyclic) bond motifs is 1. The van der Waals surface area contributed by atoms with E-state index >= 15 is 0 Å². The van der Waals surface area contributed by atoms with E-state index < -0.39 is 0 Å². The van der Waals surface area contributed by atoms with Gasteiger partial charge < -0.3 is 4.90 Å². The summed E-state index contributed by atoms with van der Waals surface area (Å²) in [4.78, 5) is 23.2. The number of hydrogen-bond donors (Lipinski definition) is 0. The van der Waals surface area contributed by atoms with Crippen molar-refractivity contribution in [3.8, 4) is 5.69 Å². The van der Waals surface area contributed by atoms with E-state index in [0.29, 0.717) is 12.4 Å². The molecule has 0 bridgehead atoms. The summed E-state index contributed by atoms with van der Waals surface area (Å²) in [5, 5.41) is 5.36. The summed E-state index contributed by atoms with van der Waals surface area (Å²) < 4.78 is 1.78. The van der Waals surface area contributed by atoms with Gasteiger partial charge in [0.15, 0.2) is 0 Å². The van der Waals surface area contributed by atoms with E-state index in [0.717, 1.165) is 27.8 Å². The number of likely N-dealkylation sites (N-methyl/N-ethyl adjacent to an activating group) is 1. The van der Waals surface area contributed by atoms with Gasteiger partial charge in [0.05, 0.1) is 23.9 Å². The minimum Gasteiger partial charge on any atom is -0.335 e. The molecule has 29 heavy (non-hydrogen) atoms. The highest BCUT2D eigenvalue weighted by Crippen LogP contribution is 2.15. The number of carbonyl (C=O) groups is 1. The second-order valence-corrected chi connectivity index (χ2v) is 6.82. The number of hydrogen-bond acceptors (Lipinski definition) is 4. The molecule has 1 amide bonds. The molecule has 4 aromatic rings. The van der Waals surface area contributed by atoms with E-state index in [9.17, 15) is 4.79 Å². The van der Waals surface area contributed by atoms with Crippen molar-refractivity contribution in [2.45, 2.75) is 13.5 Å². The first kappa shape index (κ1) is 18.6. The van der Waals surface area contributed by atoms with Crippen LogP contribution in [0, 0.1) is 6.92 Å². The Hall–Kier alpha value is -3.80. The van der Waals surface area contributed by atoms with Gasteiger partial charge in [-0.25, -0.2) is 14.6 Å². The molecule has 0 aliphatic heterocycles. The minimum atomic E-state index is -0.119. The van der Waals surface area contributed by atoms with Crippen molar-refractivity contribution in [2.75, 3.05) is 7.05 Å². The summed E-state index contributed by atoms with van der Waals surface area (Å²) in [7, 11) is 1.74. The first-order chi connectivity index (χ1) is 14.1. The Morgan fingerprint density at radius 3 is 2.66 bits per heavy atom. The highest BCUT2D eigenvalue weighted by Gasteiger charge is 2.10. The Bertz CT molecular complexity index is 1180. The van der Waals surface area contributed by atoms with Gasteiger partial charge in [0, 0.05) is 36.0 Å². The largest absolute Gasteiger partial charge is 0.335 e. The molecule has 0 saturated heterocycles. The molecule has 0 aliphatic carbocycles. The maximum atomic E-state index is 12.5. The molecular weight excluding hydrogens is 362 g/mol. The third kappa shape index (κ3) is 4.21. The topological polar surface area (TPSA) is 63.9 Å². The van der Waals surface area contributed by atoms with E-state index in [1.807, 2.05) is 67.7 Å². The Morgan fingerprint density at radius 1 is 1.07 bits per heavy atom. The molecule has 0 aliphatic rings. The van der Waals surface area contributed by atoms with E-state index in [1.165, 1.54) is 0 Å². The van der Waals surface area contributed by atoms with Gasteiger partial charge in [-0.3, -0.25) is 4.79 Å². The average Bonchev–Trinajstić information content (AvgIpc) is 3.22. The third-order valence-electron chi connectivity index (χ3n) is 4.64. The predicted molar refractivity (Wildman–Crippen MR) is 113 cm³/mol. The number of aromatic nitrogens is 4. The SMILES string of the molecule is Cc1nc(CN(C)C(=O)/C=C/c2cnn(-c3ccccc3)c2)nc2ccccc12. The summed E-state index contributed by atoms with van der Waals surface area (Å²) in [6, 6.07) is 17.7. The summed E-state index contributed by atoms with van der Waals surface area (Å²) >= 11 is 0. The van der Waals surface area contributed by atoms with Crippen molar-refractivity contribution in [1.29, 1.82) is 0 Å². The Balaban J connectivity index is 1.44. The zero-order chi connectivity index (χ0) is 20.2. The average molecular weight is 383 g/mol. The molecule has 6 nitrogen and oxygen atoms in total. The molecule has 0 radical (unpaired) electrons. The zero-order valence-corrected chi connectivity index (χ0v) is 16.4. The lowest BCUT2D eigenvalue weighted by molar-refractivity contribution is -0.125. The van der Waals surface area contributed by atoms with Gasteiger partial charge in [-0.15, -0.1) is 0 Å². The molecule has 6 heteroatoms. The van der Waals surface area contributed by atoms with Gasteiger partial charge in [0.1, 0.15) is 5.82 Å². The van der Waals surface area contributed by atoms with Crippen LogP contribution in [-0.2, 0) is 11.3 Å². The maximum Gasteiger partial charge on any atom is 0.246 e. The van der Waals surface area contributed by atoms with Gasteiger partial charge in [0.2, 0.25) is 5.91 Å². The van der Waals surface area contributed by atoms with Crippen LogP contribution >= 0.6 is 0 Å². The van der Waals surface area contributed by atoms with Crippen LogP contribution in [0.1, 0.15) is 17.1 Å². The second kappa shape index (κ2) is 8.06. The molecule has 0 atom stereocenters. The van der Waals surface area contributed by atoms with Crippen LogP contribution < -0.4 is 0 Å². The van der Waals surface area contributed by atoms with Crippen LogP contribution in [-0.4, -0.2) is 37.6 Å². The van der Waals surface area contributed by atoms with Crippen LogP contribution in [0.2, 0.25) is 0 Å². The highest BCUT2D eigenvalue weighted by molar-refractivity contribution is 5.91. The van der Waals surface area contributed by atoms with Crippen molar-refractivity contribution >= 4 is 22.9 Å². The maximum absolute atomic E-state index is 12.5. The Labute approximate surface area is 169 Å². The smallest absolute Gasteiger partial charge is 0.246 e. The van der Waals surface area contributed by atoms with Gasteiger partial charge in [0.25, 0.3) is 0 Å². The van der Waals surface area contributed by atoms with Crippen LogP contribution in [0.4, 0.5) is 0 Å². The zero-order valence-electron chi connectivity index (χ0n) is 16.4. The van der Waals surface area contributed by atoms with Gasteiger partial charge >= 0.3 is 0 Å². The number of rotatable bonds is 5.